The van der Waals surface area contributed by atoms with E-state index < -0.39 is 15.8 Å². The summed E-state index contributed by atoms with van der Waals surface area (Å²) >= 11 is 0. The summed E-state index contributed by atoms with van der Waals surface area (Å²) in [7, 11) is -0.00414. The molecule has 0 aromatic heterocycles. The lowest BCUT2D eigenvalue weighted by Crippen LogP contribution is -2.35. The van der Waals surface area contributed by atoms with Crippen molar-refractivity contribution in [2.45, 2.75) is 17.7 Å². The summed E-state index contributed by atoms with van der Waals surface area (Å²) < 4.78 is 41.0. The lowest BCUT2D eigenvalue weighted by atomic mass is 10.0. The minimum Gasteiger partial charge on any atom is -0.378 e. The van der Waals surface area contributed by atoms with Crippen LogP contribution < -0.4 is 14.5 Å². The van der Waals surface area contributed by atoms with Gasteiger partial charge in [-0.15, -0.1) is 0 Å². The van der Waals surface area contributed by atoms with Gasteiger partial charge in [0.2, 0.25) is 0 Å². The molecule has 0 saturated heterocycles. The summed E-state index contributed by atoms with van der Waals surface area (Å²) in [5.74, 6) is -0.773. The van der Waals surface area contributed by atoms with Crippen LogP contribution in [0.4, 0.5) is 21.5 Å². The number of rotatable bonds is 5. The number of aryl methyl sites for hydroxylation is 1. The smallest absolute Gasteiger partial charge is 0.264 e. The highest BCUT2D eigenvalue weighted by Gasteiger charge is 2.29. The molecule has 1 aliphatic heterocycles. The van der Waals surface area contributed by atoms with Crippen LogP contribution in [0.2, 0.25) is 0 Å². The summed E-state index contributed by atoms with van der Waals surface area (Å²) in [6, 6.07) is 17.3. The van der Waals surface area contributed by atoms with Crippen molar-refractivity contribution in [1.82, 2.24) is 0 Å². The van der Waals surface area contributed by atoms with Gasteiger partial charge in [0.05, 0.1) is 10.6 Å². The van der Waals surface area contributed by atoms with Crippen molar-refractivity contribution in [3.8, 4) is 0 Å². The van der Waals surface area contributed by atoms with Gasteiger partial charge in [-0.1, -0.05) is 6.07 Å². The first-order valence-corrected chi connectivity index (χ1v) is 11.7. The summed E-state index contributed by atoms with van der Waals surface area (Å²) in [4.78, 5) is 14.7. The molecular formula is C24H24FN3O3S. The van der Waals surface area contributed by atoms with Crippen LogP contribution in [0.25, 0.3) is 0 Å². The monoisotopic (exact) mass is 453 g/mol. The molecule has 1 N–H and O–H groups in total. The number of fused-ring (bicyclic) bond motifs is 1. The Morgan fingerprint density at radius 3 is 2.34 bits per heavy atom. The molecule has 166 valence electrons. The first-order chi connectivity index (χ1) is 15.3. The van der Waals surface area contributed by atoms with Gasteiger partial charge in [-0.25, -0.2) is 12.8 Å². The largest absolute Gasteiger partial charge is 0.378 e. The molecule has 0 fully saturated rings. The number of nitrogens with zero attached hydrogens (tertiary/aromatic N) is 2. The Balaban J connectivity index is 1.61. The zero-order valence-electron chi connectivity index (χ0n) is 17.9. The summed E-state index contributed by atoms with van der Waals surface area (Å²) in [6.07, 6.45) is 1.42. The number of halogens is 1. The van der Waals surface area contributed by atoms with E-state index in [1.54, 1.807) is 24.3 Å². The fourth-order valence-electron chi connectivity index (χ4n) is 3.72. The van der Waals surface area contributed by atoms with E-state index in [0.717, 1.165) is 29.8 Å². The second-order valence-electron chi connectivity index (χ2n) is 7.87. The molecule has 0 radical (unpaired) electrons. The predicted molar refractivity (Wildman–Crippen MR) is 124 cm³/mol. The summed E-state index contributed by atoms with van der Waals surface area (Å²) in [6.45, 7) is 0.316. The van der Waals surface area contributed by atoms with Gasteiger partial charge in [0, 0.05) is 37.6 Å². The van der Waals surface area contributed by atoms with E-state index in [-0.39, 0.29) is 10.8 Å². The topological polar surface area (TPSA) is 69.7 Å². The van der Waals surface area contributed by atoms with Crippen molar-refractivity contribution in [1.29, 1.82) is 0 Å². The summed E-state index contributed by atoms with van der Waals surface area (Å²) in [5.41, 5.74) is 3.41. The zero-order valence-corrected chi connectivity index (χ0v) is 18.7. The first-order valence-electron chi connectivity index (χ1n) is 10.3. The van der Waals surface area contributed by atoms with Crippen LogP contribution in [0.3, 0.4) is 0 Å². The molecule has 1 amide bonds. The van der Waals surface area contributed by atoms with E-state index in [1.807, 2.05) is 37.2 Å². The highest BCUT2D eigenvalue weighted by molar-refractivity contribution is 7.92. The third-order valence-corrected chi connectivity index (χ3v) is 7.29. The van der Waals surface area contributed by atoms with Crippen LogP contribution in [0, 0.1) is 5.82 Å². The Kier molecular flexibility index (Phi) is 5.88. The Morgan fingerprint density at radius 1 is 1.00 bits per heavy atom. The number of nitrogens with one attached hydrogen (secondary N) is 1. The SMILES string of the molecule is CN(C)c1ccc(C(=O)Nc2ccc3c(c2)N(S(=O)(=O)c2ccc(F)cc2)CCC3)cc1. The molecule has 8 heteroatoms. The van der Waals surface area contributed by atoms with E-state index in [4.69, 9.17) is 0 Å². The minimum absolute atomic E-state index is 0.0298. The highest BCUT2D eigenvalue weighted by atomic mass is 32.2. The molecule has 1 aliphatic rings. The molecule has 1 heterocycles. The molecule has 0 saturated carbocycles. The maximum absolute atomic E-state index is 13.3. The highest BCUT2D eigenvalue weighted by Crippen LogP contribution is 2.34. The third kappa shape index (κ3) is 4.31. The molecule has 3 aromatic carbocycles. The average Bonchev–Trinajstić information content (AvgIpc) is 2.79. The predicted octanol–water partition coefficient (Wildman–Crippen LogP) is 4.29. The lowest BCUT2D eigenvalue weighted by molar-refractivity contribution is 0.102. The molecule has 0 atom stereocenters. The Hall–Kier alpha value is -3.39. The van der Waals surface area contributed by atoms with Crippen molar-refractivity contribution < 1.29 is 17.6 Å². The Bertz CT molecular complexity index is 1240. The molecule has 32 heavy (non-hydrogen) atoms. The second-order valence-corrected chi connectivity index (χ2v) is 9.74. The molecule has 4 rings (SSSR count). The molecule has 0 spiro atoms. The van der Waals surface area contributed by atoms with Gasteiger partial charge in [0.25, 0.3) is 15.9 Å². The quantitative estimate of drug-likeness (QED) is 0.626. The Labute approximate surface area is 187 Å². The van der Waals surface area contributed by atoms with Crippen molar-refractivity contribution >= 4 is 33.0 Å². The van der Waals surface area contributed by atoms with Crippen LogP contribution in [0.15, 0.2) is 71.6 Å². The van der Waals surface area contributed by atoms with Crippen molar-refractivity contribution in [2.75, 3.05) is 35.2 Å². The van der Waals surface area contributed by atoms with Crippen molar-refractivity contribution in [3.05, 3.63) is 83.7 Å². The Morgan fingerprint density at radius 2 is 1.69 bits per heavy atom. The van der Waals surface area contributed by atoms with E-state index in [2.05, 4.69) is 5.32 Å². The summed E-state index contributed by atoms with van der Waals surface area (Å²) in [5, 5.41) is 2.85. The van der Waals surface area contributed by atoms with Gasteiger partial charge < -0.3 is 10.2 Å². The fourth-order valence-corrected chi connectivity index (χ4v) is 5.25. The average molecular weight is 454 g/mol. The number of hydrogen-bond acceptors (Lipinski definition) is 4. The van der Waals surface area contributed by atoms with Crippen LogP contribution in [0.5, 0.6) is 0 Å². The fraction of sp³-hybridized carbons (Fsp3) is 0.208. The number of anilines is 3. The number of carbonyl (C=O) groups excluding carboxylic acids is 1. The number of hydrogen-bond donors (Lipinski definition) is 1. The molecule has 3 aromatic rings. The van der Waals surface area contributed by atoms with Gasteiger partial charge in [0.1, 0.15) is 5.82 Å². The van der Waals surface area contributed by atoms with Crippen molar-refractivity contribution in [3.63, 3.8) is 0 Å². The van der Waals surface area contributed by atoms with E-state index in [9.17, 15) is 17.6 Å². The lowest BCUT2D eigenvalue weighted by Gasteiger charge is -2.31. The van der Waals surface area contributed by atoms with Gasteiger partial charge in [-0.05, 0) is 79.1 Å². The van der Waals surface area contributed by atoms with Crippen LogP contribution in [-0.4, -0.2) is 35.0 Å². The molecule has 0 unspecified atom stereocenters. The number of carbonyl (C=O) groups is 1. The van der Waals surface area contributed by atoms with Crippen LogP contribution in [-0.2, 0) is 16.4 Å². The molecule has 6 nitrogen and oxygen atoms in total. The van der Waals surface area contributed by atoms with E-state index in [1.165, 1.54) is 16.4 Å². The maximum atomic E-state index is 13.3. The second kappa shape index (κ2) is 8.63. The molecular weight excluding hydrogens is 429 g/mol. The minimum atomic E-state index is -3.85. The van der Waals surface area contributed by atoms with E-state index in [0.29, 0.717) is 29.9 Å². The van der Waals surface area contributed by atoms with Gasteiger partial charge in [-0.3, -0.25) is 9.10 Å². The molecule has 0 bridgehead atoms. The third-order valence-electron chi connectivity index (χ3n) is 5.47. The standard InChI is InChI=1S/C24H24FN3O3S/c1-27(2)21-11-6-18(7-12-21)24(29)26-20-10-5-17-4-3-15-28(23(17)16-20)32(30,31)22-13-8-19(25)9-14-22/h5-14,16H,3-4,15H2,1-2H3,(H,26,29). The zero-order chi connectivity index (χ0) is 22.9. The number of sulfonamides is 1. The van der Waals surface area contributed by atoms with Gasteiger partial charge >= 0.3 is 0 Å². The molecule has 0 aliphatic carbocycles. The van der Waals surface area contributed by atoms with Crippen LogP contribution in [0.1, 0.15) is 22.3 Å². The van der Waals surface area contributed by atoms with Gasteiger partial charge in [-0.2, -0.15) is 0 Å². The van der Waals surface area contributed by atoms with Crippen molar-refractivity contribution in [2.24, 2.45) is 0 Å². The maximum Gasteiger partial charge on any atom is 0.264 e. The van der Waals surface area contributed by atoms with Crippen LogP contribution >= 0.6 is 0 Å². The van der Waals surface area contributed by atoms with E-state index >= 15 is 0 Å². The first kappa shape index (κ1) is 21.8. The van der Waals surface area contributed by atoms with Gasteiger partial charge in [0.15, 0.2) is 0 Å². The number of amides is 1. The number of benzene rings is 3. The normalized spacial score (nSPS) is 13.4.